The van der Waals surface area contributed by atoms with Gasteiger partial charge in [-0.15, -0.1) is 11.8 Å². The van der Waals surface area contributed by atoms with E-state index in [4.69, 9.17) is 5.26 Å². The maximum absolute atomic E-state index is 12.9. The van der Waals surface area contributed by atoms with E-state index in [-0.39, 0.29) is 5.69 Å². The number of halogens is 3. The molecular weight excluding hydrogens is 315 g/mol. The molecule has 1 aromatic carbocycles. The van der Waals surface area contributed by atoms with Crippen molar-refractivity contribution in [2.24, 2.45) is 0 Å². The molecule has 2 aromatic rings. The summed E-state index contributed by atoms with van der Waals surface area (Å²) in [6.45, 7) is 1.66. The molecule has 2 rings (SSSR count). The highest BCUT2D eigenvalue weighted by molar-refractivity contribution is 7.99. The van der Waals surface area contributed by atoms with Gasteiger partial charge in [0.15, 0.2) is 5.69 Å². The van der Waals surface area contributed by atoms with Crippen LogP contribution in [0.15, 0.2) is 34.0 Å². The molecular formula is C14H10F3N3OS. The number of thioether (sulfide) groups is 1. The highest BCUT2D eigenvalue weighted by Gasteiger charge is 2.37. The molecule has 0 saturated heterocycles. The molecule has 0 aliphatic heterocycles. The first-order chi connectivity index (χ1) is 10.4. The van der Waals surface area contributed by atoms with Gasteiger partial charge in [-0.2, -0.15) is 23.5 Å². The van der Waals surface area contributed by atoms with Crippen LogP contribution >= 0.6 is 11.8 Å². The monoisotopic (exact) mass is 325 g/mol. The van der Waals surface area contributed by atoms with Crippen molar-refractivity contribution in [1.29, 1.82) is 5.26 Å². The van der Waals surface area contributed by atoms with Gasteiger partial charge in [-0.3, -0.25) is 9.89 Å². The molecule has 8 heteroatoms. The first-order valence-corrected chi connectivity index (χ1v) is 7.20. The second-order valence-electron chi connectivity index (χ2n) is 4.23. The largest absolute Gasteiger partial charge is 0.433 e. The Kier molecular flexibility index (Phi) is 4.56. The van der Waals surface area contributed by atoms with Crippen LogP contribution in [0.5, 0.6) is 0 Å². The molecule has 0 radical (unpaired) electrons. The number of benzene rings is 1. The van der Waals surface area contributed by atoms with Gasteiger partial charge in [0.1, 0.15) is 5.69 Å². The van der Waals surface area contributed by atoms with Crippen LogP contribution in [0.3, 0.4) is 0 Å². The van der Waals surface area contributed by atoms with E-state index < -0.39 is 22.2 Å². The van der Waals surface area contributed by atoms with Crippen molar-refractivity contribution in [1.82, 2.24) is 10.2 Å². The van der Waals surface area contributed by atoms with Crippen LogP contribution in [0.1, 0.15) is 18.2 Å². The number of nitrogens with one attached hydrogen (secondary N) is 1. The summed E-state index contributed by atoms with van der Waals surface area (Å²) in [5.41, 5.74) is -1.28. The van der Waals surface area contributed by atoms with Gasteiger partial charge >= 0.3 is 6.18 Å². The summed E-state index contributed by atoms with van der Waals surface area (Å²) in [5, 5.41) is 14.2. The van der Waals surface area contributed by atoms with Gasteiger partial charge in [-0.05, 0) is 17.9 Å². The Bertz CT molecular complexity index is 776. The van der Waals surface area contributed by atoms with E-state index in [1.165, 1.54) is 24.3 Å². The van der Waals surface area contributed by atoms with E-state index in [0.29, 0.717) is 16.9 Å². The lowest BCUT2D eigenvalue weighted by Gasteiger charge is -2.12. The normalized spacial score (nSPS) is 11.2. The second kappa shape index (κ2) is 6.23. The number of rotatable bonds is 3. The zero-order valence-corrected chi connectivity index (χ0v) is 12.2. The highest BCUT2D eigenvalue weighted by Crippen LogP contribution is 2.33. The summed E-state index contributed by atoms with van der Waals surface area (Å²) in [6.07, 6.45) is -4.67. The third kappa shape index (κ3) is 3.14. The van der Waals surface area contributed by atoms with Crippen LogP contribution in [-0.4, -0.2) is 16.0 Å². The van der Waals surface area contributed by atoms with Crippen LogP contribution < -0.4 is 5.43 Å². The van der Waals surface area contributed by atoms with E-state index in [0.717, 1.165) is 11.8 Å². The Morgan fingerprint density at radius 2 is 1.95 bits per heavy atom. The Balaban J connectivity index is 2.61. The molecule has 0 amide bonds. The predicted octanol–water partition coefficient (Wildman–Crippen LogP) is 3.44. The number of aromatic amines is 1. The van der Waals surface area contributed by atoms with Gasteiger partial charge in [-0.1, -0.05) is 19.1 Å². The number of aromatic nitrogens is 2. The average molecular weight is 325 g/mol. The quantitative estimate of drug-likeness (QED) is 0.878. The topological polar surface area (TPSA) is 69.5 Å². The number of nitriles is 1. The molecule has 0 saturated carbocycles. The third-order valence-corrected chi connectivity index (χ3v) is 3.75. The number of hydrogen-bond donors (Lipinski definition) is 1. The zero-order valence-electron chi connectivity index (χ0n) is 11.4. The second-order valence-corrected chi connectivity index (χ2v) is 5.50. The van der Waals surface area contributed by atoms with E-state index in [9.17, 15) is 18.0 Å². The third-order valence-electron chi connectivity index (χ3n) is 2.79. The molecule has 0 fully saturated rings. The molecule has 0 unspecified atom stereocenters. The molecule has 1 aromatic heterocycles. The predicted molar refractivity (Wildman–Crippen MR) is 76.4 cm³/mol. The Labute approximate surface area is 128 Å². The maximum atomic E-state index is 12.9. The molecule has 114 valence electrons. The fourth-order valence-corrected chi connectivity index (χ4v) is 2.63. The fourth-order valence-electron chi connectivity index (χ4n) is 1.81. The standard InChI is InChI=1S/C14H10F3N3OS/c1-2-22-12-11(21)10(19-20-13(12)14(15,16)17)9-5-3-8(7-18)4-6-9/h3-6H,2H2,1H3,(H,20,21). The lowest BCUT2D eigenvalue weighted by Crippen LogP contribution is -2.21. The summed E-state index contributed by atoms with van der Waals surface area (Å²) in [4.78, 5) is 11.9. The molecule has 1 N–H and O–H groups in total. The van der Waals surface area contributed by atoms with Crippen LogP contribution in [0.25, 0.3) is 11.3 Å². The number of H-pyrrole nitrogens is 1. The average Bonchev–Trinajstić information content (AvgIpc) is 2.48. The number of alkyl halides is 3. The molecule has 0 bridgehead atoms. The molecule has 0 spiro atoms. The SMILES string of the molecule is CCSc1c(C(F)(F)F)[nH]nc(-c2ccc(C#N)cc2)c1=O. The van der Waals surface area contributed by atoms with Crippen molar-refractivity contribution in [3.63, 3.8) is 0 Å². The summed E-state index contributed by atoms with van der Waals surface area (Å²) in [5.74, 6) is 0.322. The number of nitrogens with zero attached hydrogens (tertiary/aromatic N) is 2. The Morgan fingerprint density at radius 1 is 1.32 bits per heavy atom. The summed E-state index contributed by atoms with van der Waals surface area (Å²) >= 11 is 0.816. The minimum atomic E-state index is -4.67. The molecule has 0 aliphatic carbocycles. The van der Waals surface area contributed by atoms with Crippen LogP contribution in [0.4, 0.5) is 13.2 Å². The highest BCUT2D eigenvalue weighted by atomic mass is 32.2. The Morgan fingerprint density at radius 3 is 2.45 bits per heavy atom. The maximum Gasteiger partial charge on any atom is 0.433 e. The van der Waals surface area contributed by atoms with E-state index in [1.54, 1.807) is 6.92 Å². The van der Waals surface area contributed by atoms with Gasteiger partial charge in [0.05, 0.1) is 16.5 Å². The van der Waals surface area contributed by atoms with Gasteiger partial charge in [-0.25, -0.2) is 0 Å². The van der Waals surface area contributed by atoms with Gasteiger partial charge in [0, 0.05) is 5.56 Å². The van der Waals surface area contributed by atoms with Crippen LogP contribution in [0.2, 0.25) is 0 Å². The smallest absolute Gasteiger partial charge is 0.286 e. The molecule has 22 heavy (non-hydrogen) atoms. The summed E-state index contributed by atoms with van der Waals surface area (Å²) in [6, 6.07) is 7.82. The molecule has 1 heterocycles. The molecule has 4 nitrogen and oxygen atoms in total. The Hall–Kier alpha value is -2.27. The van der Waals surface area contributed by atoms with Crippen molar-refractivity contribution in [3.8, 4) is 17.3 Å². The zero-order chi connectivity index (χ0) is 16.3. The minimum Gasteiger partial charge on any atom is -0.286 e. The summed E-state index contributed by atoms with van der Waals surface area (Å²) < 4.78 is 38.8. The minimum absolute atomic E-state index is 0.103. The summed E-state index contributed by atoms with van der Waals surface area (Å²) in [7, 11) is 0. The van der Waals surface area contributed by atoms with Crippen molar-refractivity contribution in [3.05, 3.63) is 45.7 Å². The van der Waals surface area contributed by atoms with Crippen molar-refractivity contribution in [2.75, 3.05) is 5.75 Å². The molecule has 0 atom stereocenters. The van der Waals surface area contributed by atoms with Gasteiger partial charge < -0.3 is 0 Å². The first kappa shape index (κ1) is 16.1. The fraction of sp³-hybridized carbons (Fsp3) is 0.214. The van der Waals surface area contributed by atoms with Crippen LogP contribution in [-0.2, 0) is 6.18 Å². The lowest BCUT2D eigenvalue weighted by atomic mass is 10.1. The van der Waals surface area contributed by atoms with E-state index in [1.807, 2.05) is 11.2 Å². The van der Waals surface area contributed by atoms with Gasteiger partial charge in [0.25, 0.3) is 0 Å². The first-order valence-electron chi connectivity index (χ1n) is 6.21. The van der Waals surface area contributed by atoms with E-state index >= 15 is 0 Å². The van der Waals surface area contributed by atoms with Crippen molar-refractivity contribution in [2.45, 2.75) is 18.0 Å². The molecule has 0 aliphatic rings. The van der Waals surface area contributed by atoms with E-state index in [2.05, 4.69) is 5.10 Å². The van der Waals surface area contributed by atoms with Crippen LogP contribution in [0, 0.1) is 11.3 Å². The van der Waals surface area contributed by atoms with Gasteiger partial charge in [0.2, 0.25) is 5.43 Å². The van der Waals surface area contributed by atoms with Crippen molar-refractivity contribution < 1.29 is 13.2 Å². The number of hydrogen-bond acceptors (Lipinski definition) is 4. The van der Waals surface area contributed by atoms with Crippen molar-refractivity contribution >= 4 is 11.8 Å². The lowest BCUT2D eigenvalue weighted by molar-refractivity contribution is -0.144.